The molecule has 2 amide bonds. The zero-order valence-electron chi connectivity index (χ0n) is 26.1. The first-order chi connectivity index (χ1) is 23.7. The van der Waals surface area contributed by atoms with E-state index in [2.05, 4.69) is 10.6 Å². The number of carbonyl (C=O) groups is 4. The molecule has 0 saturated carbocycles. The van der Waals surface area contributed by atoms with Crippen LogP contribution in [0.1, 0.15) is 52.6 Å². The Morgan fingerprint density at radius 1 is 0.429 bits per heavy atom. The van der Waals surface area contributed by atoms with Crippen LogP contribution in [-0.4, -0.2) is 34.0 Å². The van der Waals surface area contributed by atoms with Crippen molar-refractivity contribution in [2.75, 3.05) is 10.6 Å². The minimum atomic E-state index is -1.22. The summed E-state index contributed by atoms with van der Waals surface area (Å²) in [4.78, 5) is 50.4. The van der Waals surface area contributed by atoms with Gasteiger partial charge in [-0.05, 0) is 88.3 Å². The van der Waals surface area contributed by atoms with Crippen LogP contribution in [0.3, 0.4) is 0 Å². The Kier molecular flexibility index (Phi) is 9.39. The second-order valence-corrected chi connectivity index (χ2v) is 11.3. The minimum Gasteiger partial charge on any atom is -0.478 e. The largest absolute Gasteiger partial charge is 0.478 e. The summed E-state index contributed by atoms with van der Waals surface area (Å²) >= 11 is 0. The van der Waals surface area contributed by atoms with E-state index in [9.17, 15) is 29.4 Å². The van der Waals surface area contributed by atoms with E-state index >= 15 is 0 Å². The molecule has 240 valence electrons. The summed E-state index contributed by atoms with van der Waals surface area (Å²) in [6.45, 7) is 0. The summed E-state index contributed by atoms with van der Waals surface area (Å²) in [5.74, 6) is -3.34. The molecule has 0 aliphatic rings. The molecular weight excluding hydrogens is 616 g/mol. The second kappa shape index (κ2) is 14.3. The predicted octanol–water partition coefficient (Wildman–Crippen LogP) is 8.51. The number of hydrogen-bond donors (Lipinski definition) is 4. The highest BCUT2D eigenvalue weighted by atomic mass is 16.4. The molecule has 0 saturated heterocycles. The first kappa shape index (κ1) is 32.2. The lowest BCUT2D eigenvalue weighted by molar-refractivity contribution is 0.0686. The summed E-state index contributed by atoms with van der Waals surface area (Å²) in [5, 5.41) is 25.2. The van der Waals surface area contributed by atoms with Crippen LogP contribution in [0.15, 0.2) is 146 Å². The van der Waals surface area contributed by atoms with E-state index in [1.54, 1.807) is 42.5 Å². The summed E-state index contributed by atoms with van der Waals surface area (Å²) in [6, 6.07) is 42.8. The van der Waals surface area contributed by atoms with Crippen molar-refractivity contribution in [3.05, 3.63) is 179 Å². The predicted molar refractivity (Wildman–Crippen MR) is 189 cm³/mol. The Balaban J connectivity index is 1.18. The lowest BCUT2D eigenvalue weighted by Gasteiger charge is -2.13. The summed E-state index contributed by atoms with van der Waals surface area (Å²) in [5.41, 5.74) is 5.97. The molecule has 49 heavy (non-hydrogen) atoms. The van der Waals surface area contributed by atoms with Gasteiger partial charge in [-0.15, -0.1) is 0 Å². The second-order valence-electron chi connectivity index (χ2n) is 11.3. The van der Waals surface area contributed by atoms with Crippen LogP contribution < -0.4 is 10.6 Å². The van der Waals surface area contributed by atoms with Crippen molar-refractivity contribution in [1.82, 2.24) is 0 Å². The maximum atomic E-state index is 13.1. The number of amides is 2. The van der Waals surface area contributed by atoms with Crippen LogP contribution in [0.4, 0.5) is 11.4 Å². The Bertz CT molecular complexity index is 2160. The fourth-order valence-corrected chi connectivity index (χ4v) is 5.49. The third-order valence-electron chi connectivity index (χ3n) is 8.04. The molecule has 0 radical (unpaired) electrons. The molecule has 0 bridgehead atoms. The Hall–Kier alpha value is -6.80. The highest BCUT2D eigenvalue weighted by Gasteiger charge is 2.18. The number of nitrogens with one attached hydrogen (secondary N) is 2. The minimum absolute atomic E-state index is 0.0842. The van der Waals surface area contributed by atoms with Crippen LogP contribution in [0.2, 0.25) is 0 Å². The molecule has 0 heterocycles. The van der Waals surface area contributed by atoms with Gasteiger partial charge < -0.3 is 20.8 Å². The van der Waals surface area contributed by atoms with Gasteiger partial charge in [0.25, 0.3) is 11.8 Å². The topological polar surface area (TPSA) is 133 Å². The van der Waals surface area contributed by atoms with Crippen LogP contribution in [-0.2, 0) is 6.42 Å². The average Bonchev–Trinajstić information content (AvgIpc) is 3.13. The van der Waals surface area contributed by atoms with Gasteiger partial charge in [-0.1, -0.05) is 97.1 Å². The molecule has 8 nitrogen and oxygen atoms in total. The number of aromatic carboxylic acids is 2. The smallest absolute Gasteiger partial charge is 0.337 e. The number of carbonyl (C=O) groups excluding carboxylic acids is 2. The normalized spacial score (nSPS) is 10.6. The Morgan fingerprint density at radius 2 is 0.857 bits per heavy atom. The van der Waals surface area contributed by atoms with E-state index in [-0.39, 0.29) is 28.9 Å². The van der Waals surface area contributed by atoms with Gasteiger partial charge in [-0.3, -0.25) is 9.59 Å². The molecule has 0 aliphatic carbocycles. The van der Waals surface area contributed by atoms with E-state index < -0.39 is 23.8 Å². The molecule has 6 rings (SSSR count). The molecular formula is C41H30N2O6. The first-order valence-electron chi connectivity index (χ1n) is 15.4. The third-order valence-corrected chi connectivity index (χ3v) is 8.04. The van der Waals surface area contributed by atoms with Crippen molar-refractivity contribution in [1.29, 1.82) is 0 Å². The maximum absolute atomic E-state index is 13.1. The van der Waals surface area contributed by atoms with Crippen LogP contribution >= 0.6 is 0 Å². The van der Waals surface area contributed by atoms with Gasteiger partial charge in [0.15, 0.2) is 0 Å². The highest BCUT2D eigenvalue weighted by Crippen LogP contribution is 2.26. The van der Waals surface area contributed by atoms with E-state index in [1.165, 1.54) is 18.2 Å². The van der Waals surface area contributed by atoms with Gasteiger partial charge in [0.2, 0.25) is 0 Å². The summed E-state index contributed by atoms with van der Waals surface area (Å²) < 4.78 is 0. The standard InChI is InChI=1S/C41H30N2O6/c44-38(32-17-13-30(14-18-32)28-7-3-1-4-8-28)42-36-22-12-26(24-35(36)41(48)49)23-27-11-21-34(40(46)47)37(25-27)43-39(45)33-19-15-31(16-20-33)29-9-5-2-6-10-29/h1-22,24-25H,23H2,(H,42,44)(H,43,45)(H,46,47)(H,48,49). The lowest BCUT2D eigenvalue weighted by atomic mass is 9.99. The maximum Gasteiger partial charge on any atom is 0.337 e. The van der Waals surface area contributed by atoms with Crippen molar-refractivity contribution in [2.45, 2.75) is 6.42 Å². The molecule has 4 N–H and O–H groups in total. The van der Waals surface area contributed by atoms with Gasteiger partial charge in [-0.2, -0.15) is 0 Å². The molecule has 0 fully saturated rings. The van der Waals surface area contributed by atoms with E-state index in [0.29, 0.717) is 22.3 Å². The van der Waals surface area contributed by atoms with Gasteiger partial charge in [0, 0.05) is 11.1 Å². The monoisotopic (exact) mass is 646 g/mol. The fourth-order valence-electron chi connectivity index (χ4n) is 5.49. The molecule has 8 heteroatoms. The Labute approximate surface area is 282 Å². The zero-order valence-corrected chi connectivity index (χ0v) is 26.1. The van der Waals surface area contributed by atoms with E-state index in [4.69, 9.17) is 0 Å². The van der Waals surface area contributed by atoms with Crippen molar-refractivity contribution >= 4 is 35.1 Å². The van der Waals surface area contributed by atoms with Gasteiger partial charge in [0.05, 0.1) is 22.5 Å². The molecule has 6 aromatic carbocycles. The SMILES string of the molecule is O=C(Nc1cc(Cc2ccc(NC(=O)c3ccc(-c4ccccc4)cc3)c(C(=O)O)c2)ccc1C(=O)O)c1ccc(-c2ccccc2)cc1. The van der Waals surface area contributed by atoms with E-state index in [1.807, 2.05) is 84.9 Å². The lowest BCUT2D eigenvalue weighted by Crippen LogP contribution is -2.15. The molecule has 0 spiro atoms. The summed E-state index contributed by atoms with van der Waals surface area (Å²) in [6.07, 6.45) is 0.240. The number of benzene rings is 6. The number of hydrogen-bond acceptors (Lipinski definition) is 4. The van der Waals surface area contributed by atoms with Crippen LogP contribution in [0.5, 0.6) is 0 Å². The first-order valence-corrected chi connectivity index (χ1v) is 15.4. The quantitative estimate of drug-likeness (QED) is 0.118. The number of carboxylic acid groups (broad SMARTS) is 2. The number of anilines is 2. The Morgan fingerprint density at radius 3 is 1.35 bits per heavy atom. The zero-order chi connectivity index (χ0) is 34.3. The molecule has 0 aromatic heterocycles. The third kappa shape index (κ3) is 7.61. The van der Waals surface area contributed by atoms with E-state index in [0.717, 1.165) is 22.3 Å². The van der Waals surface area contributed by atoms with Crippen molar-refractivity contribution in [2.24, 2.45) is 0 Å². The van der Waals surface area contributed by atoms with Gasteiger partial charge in [-0.25, -0.2) is 9.59 Å². The molecule has 0 unspecified atom stereocenters. The van der Waals surface area contributed by atoms with Crippen molar-refractivity contribution < 1.29 is 29.4 Å². The van der Waals surface area contributed by atoms with Crippen molar-refractivity contribution in [3.63, 3.8) is 0 Å². The van der Waals surface area contributed by atoms with Crippen LogP contribution in [0, 0.1) is 0 Å². The van der Waals surface area contributed by atoms with Crippen molar-refractivity contribution in [3.8, 4) is 22.3 Å². The highest BCUT2D eigenvalue weighted by molar-refractivity contribution is 6.09. The molecule has 0 aliphatic heterocycles. The van der Waals surface area contributed by atoms with Crippen LogP contribution in [0.25, 0.3) is 22.3 Å². The average molecular weight is 647 g/mol. The fraction of sp³-hybridized carbons (Fsp3) is 0.0244. The summed E-state index contributed by atoms with van der Waals surface area (Å²) in [7, 11) is 0. The number of rotatable bonds is 10. The molecule has 6 aromatic rings. The van der Waals surface area contributed by atoms with Gasteiger partial charge in [0.1, 0.15) is 0 Å². The van der Waals surface area contributed by atoms with Gasteiger partial charge >= 0.3 is 11.9 Å². The number of carboxylic acids is 2. The molecule has 0 atom stereocenters.